The second-order valence-electron chi connectivity index (χ2n) is 6.72. The highest BCUT2D eigenvalue weighted by atomic mass is 79.9. The summed E-state index contributed by atoms with van der Waals surface area (Å²) in [5.41, 5.74) is 3.70. The van der Waals surface area contributed by atoms with Crippen molar-refractivity contribution in [1.29, 1.82) is 0 Å². The van der Waals surface area contributed by atoms with Crippen molar-refractivity contribution in [3.63, 3.8) is 0 Å². The fourth-order valence-corrected chi connectivity index (χ4v) is 4.49. The maximum atomic E-state index is 11.5. The van der Waals surface area contributed by atoms with Gasteiger partial charge in [-0.15, -0.1) is 0 Å². The maximum absolute atomic E-state index is 11.5. The number of nitrogens with zero attached hydrogens (tertiary/aromatic N) is 1. The molecule has 3 aromatic carbocycles. The normalized spacial score (nSPS) is 11.6. The lowest BCUT2D eigenvalue weighted by atomic mass is 10.1. The molecule has 0 saturated carbocycles. The molecule has 30 heavy (non-hydrogen) atoms. The molecule has 0 aliphatic heterocycles. The first-order chi connectivity index (χ1) is 14.2. The van der Waals surface area contributed by atoms with Gasteiger partial charge in [-0.1, -0.05) is 31.9 Å². The van der Waals surface area contributed by atoms with Crippen molar-refractivity contribution in [2.45, 2.75) is 0 Å². The Bertz CT molecular complexity index is 1330. The quantitative estimate of drug-likeness (QED) is 0.296. The summed E-state index contributed by atoms with van der Waals surface area (Å²) in [6, 6.07) is 17.0. The molecule has 6 nitrogen and oxygen atoms in total. The topological polar surface area (TPSA) is 80.3 Å². The van der Waals surface area contributed by atoms with Gasteiger partial charge in [0.05, 0.1) is 41.5 Å². The highest BCUT2D eigenvalue weighted by Gasteiger charge is 2.14. The van der Waals surface area contributed by atoms with E-state index in [0.717, 1.165) is 42.7 Å². The van der Waals surface area contributed by atoms with Gasteiger partial charge in [0.2, 0.25) is 10.0 Å². The Morgan fingerprint density at radius 3 is 2.03 bits per heavy atom. The van der Waals surface area contributed by atoms with Crippen LogP contribution in [0.1, 0.15) is 0 Å². The molecular weight excluding hydrogens is 534 g/mol. The highest BCUT2D eigenvalue weighted by Crippen LogP contribution is 2.38. The lowest BCUT2D eigenvalue weighted by Crippen LogP contribution is -2.09. The van der Waals surface area contributed by atoms with E-state index in [1.807, 2.05) is 36.4 Å². The number of nitrogens with one attached hydrogen (secondary N) is 2. The zero-order chi connectivity index (χ0) is 21.5. The van der Waals surface area contributed by atoms with E-state index in [4.69, 9.17) is 9.72 Å². The first-order valence-corrected chi connectivity index (χ1v) is 12.3. The Labute approximate surface area is 191 Å². The molecule has 0 unspecified atom stereocenters. The van der Waals surface area contributed by atoms with Gasteiger partial charge in [0.25, 0.3) is 0 Å². The number of pyridine rings is 1. The van der Waals surface area contributed by atoms with Crippen molar-refractivity contribution in [2.75, 3.05) is 23.4 Å². The Morgan fingerprint density at radius 1 is 0.900 bits per heavy atom. The number of aromatic nitrogens is 1. The van der Waals surface area contributed by atoms with Gasteiger partial charge in [-0.05, 0) is 48.5 Å². The number of halogens is 2. The molecule has 154 valence electrons. The molecule has 2 N–H and O–H groups in total. The van der Waals surface area contributed by atoms with Crippen LogP contribution in [-0.4, -0.2) is 26.8 Å². The van der Waals surface area contributed by atoms with E-state index in [9.17, 15) is 8.42 Å². The van der Waals surface area contributed by atoms with Crippen LogP contribution in [0.15, 0.2) is 63.5 Å². The van der Waals surface area contributed by atoms with E-state index in [1.54, 1.807) is 25.3 Å². The van der Waals surface area contributed by atoms with Crippen LogP contribution >= 0.6 is 31.9 Å². The van der Waals surface area contributed by atoms with E-state index in [0.29, 0.717) is 17.1 Å². The monoisotopic (exact) mass is 549 g/mol. The molecule has 0 fully saturated rings. The molecule has 4 rings (SSSR count). The van der Waals surface area contributed by atoms with Gasteiger partial charge in [0, 0.05) is 25.8 Å². The Balaban J connectivity index is 1.88. The largest absolute Gasteiger partial charge is 0.494 e. The van der Waals surface area contributed by atoms with Crippen LogP contribution in [0.5, 0.6) is 5.75 Å². The van der Waals surface area contributed by atoms with Crippen LogP contribution in [0.3, 0.4) is 0 Å². The summed E-state index contributed by atoms with van der Waals surface area (Å²) in [7, 11) is -1.84. The maximum Gasteiger partial charge on any atom is 0.229 e. The highest BCUT2D eigenvalue weighted by molar-refractivity contribution is 9.10. The van der Waals surface area contributed by atoms with Gasteiger partial charge in [0.15, 0.2) is 0 Å². The van der Waals surface area contributed by atoms with Gasteiger partial charge >= 0.3 is 0 Å². The van der Waals surface area contributed by atoms with E-state index >= 15 is 0 Å². The van der Waals surface area contributed by atoms with Crippen molar-refractivity contribution >= 4 is 80.8 Å². The second-order valence-corrected chi connectivity index (χ2v) is 10.3. The average Bonchev–Trinajstić information content (AvgIpc) is 2.67. The molecule has 0 bridgehead atoms. The SMILES string of the molecule is COc1cc(NS(C)(=O)=O)ccc1Nc1c2ccc(Br)cc2nc2cc(Br)ccc12. The van der Waals surface area contributed by atoms with Gasteiger partial charge < -0.3 is 10.1 Å². The third-order valence-electron chi connectivity index (χ3n) is 4.46. The lowest BCUT2D eigenvalue weighted by Gasteiger charge is -2.17. The number of anilines is 3. The van der Waals surface area contributed by atoms with Crippen LogP contribution in [0.4, 0.5) is 17.1 Å². The molecule has 0 spiro atoms. The van der Waals surface area contributed by atoms with E-state index in [2.05, 4.69) is 41.9 Å². The number of hydrogen-bond donors (Lipinski definition) is 2. The Kier molecular flexibility index (Phi) is 5.61. The number of fused-ring (bicyclic) bond motifs is 2. The van der Waals surface area contributed by atoms with Crippen LogP contribution in [0.25, 0.3) is 21.8 Å². The molecule has 0 atom stereocenters. The van der Waals surface area contributed by atoms with E-state index in [1.165, 1.54) is 0 Å². The standard InChI is InChI=1S/C21H17Br2N3O3S/c1-29-20-11-14(26-30(2,27)28)5-8-17(20)25-21-15-6-3-12(22)9-18(15)24-19-10-13(23)4-7-16(19)21/h3-11,26H,1-2H3,(H,24,25). The minimum atomic E-state index is -3.38. The number of ether oxygens (including phenoxy) is 1. The third kappa shape index (κ3) is 4.38. The summed E-state index contributed by atoms with van der Waals surface area (Å²) in [6.07, 6.45) is 1.11. The van der Waals surface area contributed by atoms with Crippen LogP contribution in [0, 0.1) is 0 Å². The van der Waals surface area contributed by atoms with Crippen molar-refractivity contribution in [3.05, 3.63) is 63.5 Å². The Morgan fingerprint density at radius 2 is 1.50 bits per heavy atom. The molecule has 0 aliphatic rings. The predicted octanol–water partition coefficient (Wildman–Crippen LogP) is 6.04. The van der Waals surface area contributed by atoms with Crippen molar-refractivity contribution in [2.24, 2.45) is 0 Å². The Hall–Kier alpha value is -2.36. The van der Waals surface area contributed by atoms with Gasteiger partial charge in [-0.3, -0.25) is 4.72 Å². The molecule has 0 radical (unpaired) electrons. The van der Waals surface area contributed by atoms with Crippen molar-refractivity contribution in [1.82, 2.24) is 4.98 Å². The molecular formula is C21H17Br2N3O3S. The number of hydrogen-bond acceptors (Lipinski definition) is 5. The first kappa shape index (κ1) is 20.9. The lowest BCUT2D eigenvalue weighted by molar-refractivity contribution is 0.417. The third-order valence-corrected chi connectivity index (χ3v) is 6.06. The molecule has 9 heteroatoms. The van der Waals surface area contributed by atoms with Gasteiger partial charge in [0.1, 0.15) is 5.75 Å². The molecule has 4 aromatic rings. The number of benzene rings is 3. The van der Waals surface area contributed by atoms with Crippen LogP contribution in [0.2, 0.25) is 0 Å². The summed E-state index contributed by atoms with van der Waals surface area (Å²) < 4.78 is 32.9. The smallest absolute Gasteiger partial charge is 0.229 e. The zero-order valence-corrected chi connectivity index (χ0v) is 20.0. The van der Waals surface area contributed by atoms with Crippen LogP contribution in [-0.2, 0) is 10.0 Å². The van der Waals surface area contributed by atoms with E-state index < -0.39 is 10.0 Å². The minimum absolute atomic E-state index is 0.428. The van der Waals surface area contributed by atoms with Gasteiger partial charge in [-0.25, -0.2) is 13.4 Å². The first-order valence-electron chi connectivity index (χ1n) is 8.85. The van der Waals surface area contributed by atoms with Crippen molar-refractivity contribution in [3.8, 4) is 5.75 Å². The summed E-state index contributed by atoms with van der Waals surface area (Å²) >= 11 is 7.02. The molecule has 1 aromatic heterocycles. The predicted molar refractivity (Wildman–Crippen MR) is 129 cm³/mol. The van der Waals surface area contributed by atoms with Crippen molar-refractivity contribution < 1.29 is 13.2 Å². The second kappa shape index (κ2) is 8.05. The fourth-order valence-electron chi connectivity index (χ4n) is 3.23. The summed E-state index contributed by atoms with van der Waals surface area (Å²) in [4.78, 5) is 4.79. The van der Waals surface area contributed by atoms with E-state index in [-0.39, 0.29) is 0 Å². The zero-order valence-electron chi connectivity index (χ0n) is 16.0. The number of methoxy groups -OCH3 is 1. The molecule has 1 heterocycles. The summed E-state index contributed by atoms with van der Waals surface area (Å²) in [6.45, 7) is 0. The van der Waals surface area contributed by atoms with Gasteiger partial charge in [-0.2, -0.15) is 0 Å². The summed E-state index contributed by atoms with van der Waals surface area (Å²) in [5.74, 6) is 0.510. The molecule has 0 saturated heterocycles. The number of sulfonamides is 1. The molecule has 0 aliphatic carbocycles. The van der Waals surface area contributed by atoms with Crippen LogP contribution < -0.4 is 14.8 Å². The molecule has 0 amide bonds. The fraction of sp³-hybridized carbons (Fsp3) is 0.0952. The minimum Gasteiger partial charge on any atom is -0.494 e. The summed E-state index contributed by atoms with van der Waals surface area (Å²) in [5, 5.41) is 5.37. The average molecular weight is 551 g/mol. The number of rotatable bonds is 5.